The van der Waals surface area contributed by atoms with E-state index < -0.39 is 24.1 Å². The van der Waals surface area contributed by atoms with E-state index >= 15 is 0 Å². The van der Waals surface area contributed by atoms with Crippen molar-refractivity contribution >= 4 is 24.8 Å². The lowest BCUT2D eigenvalue weighted by Gasteiger charge is -2.07. The van der Waals surface area contributed by atoms with Gasteiger partial charge in [-0.2, -0.15) is 0 Å². The van der Waals surface area contributed by atoms with Crippen molar-refractivity contribution in [2.45, 2.75) is 37.9 Å². The Morgan fingerprint density at radius 3 is 1.08 bits per heavy atom. The molecule has 2 amide bonds. The molecule has 0 aliphatic carbocycles. The molecule has 2 saturated heterocycles. The van der Waals surface area contributed by atoms with Crippen molar-refractivity contribution in [2.24, 2.45) is 0 Å². The van der Waals surface area contributed by atoms with Gasteiger partial charge in [-0.05, 0) is 25.7 Å². The second-order valence-electron chi connectivity index (χ2n) is 5.26. The van der Waals surface area contributed by atoms with Gasteiger partial charge in [-0.1, -0.05) is 0 Å². The van der Waals surface area contributed by atoms with E-state index in [1.165, 1.54) is 25.7 Å². The number of rotatable bonds is 5. The SMILES string of the molecule is O=C(O)C(O)C(O)C(=O)O.O=CN1CCCC1.O=CN1CCCC1. The zero-order valence-electron chi connectivity index (χ0n) is 13.3. The number of hydrogen-bond acceptors (Lipinski definition) is 6. The van der Waals surface area contributed by atoms with Crippen LogP contribution in [0.15, 0.2) is 0 Å². The molecule has 0 aromatic heterocycles. The van der Waals surface area contributed by atoms with Crippen molar-refractivity contribution in [1.82, 2.24) is 9.80 Å². The quantitative estimate of drug-likeness (QED) is 0.431. The molecule has 10 nitrogen and oxygen atoms in total. The van der Waals surface area contributed by atoms with Crippen LogP contribution in [0, 0.1) is 0 Å². The zero-order chi connectivity index (χ0) is 18.5. The second-order valence-corrected chi connectivity index (χ2v) is 5.26. The zero-order valence-corrected chi connectivity index (χ0v) is 13.3. The maximum Gasteiger partial charge on any atom is 0.335 e. The predicted molar refractivity (Wildman–Crippen MR) is 81.0 cm³/mol. The first-order valence-electron chi connectivity index (χ1n) is 7.54. The number of carbonyl (C=O) groups excluding carboxylic acids is 2. The molecule has 0 aromatic rings. The molecule has 138 valence electrons. The minimum absolute atomic E-state index is 0.924. The first-order valence-corrected chi connectivity index (χ1v) is 7.54. The van der Waals surface area contributed by atoms with Crippen LogP contribution in [-0.2, 0) is 19.2 Å². The summed E-state index contributed by atoms with van der Waals surface area (Å²) in [5.41, 5.74) is 0. The molecule has 2 heterocycles. The molecule has 2 aliphatic heterocycles. The number of aliphatic carboxylic acids is 2. The highest BCUT2D eigenvalue weighted by atomic mass is 16.4. The number of aliphatic hydroxyl groups excluding tert-OH is 2. The number of amides is 2. The summed E-state index contributed by atoms with van der Waals surface area (Å²) in [6.07, 6.45) is 2.09. The molecule has 2 atom stereocenters. The molecular weight excluding hydrogens is 324 g/mol. The standard InChI is InChI=1S/2C5H9NO.C4H6O6/c2*7-5-6-3-1-2-4-6;5-1(3(7)8)2(6)4(9)10/h2*5H,1-4H2;1-2,5-6H,(H,7,8)(H,9,10). The van der Waals surface area contributed by atoms with Gasteiger partial charge in [-0.25, -0.2) is 9.59 Å². The topological polar surface area (TPSA) is 156 Å². The number of hydrogen-bond donors (Lipinski definition) is 4. The van der Waals surface area contributed by atoms with Crippen molar-refractivity contribution in [1.29, 1.82) is 0 Å². The summed E-state index contributed by atoms with van der Waals surface area (Å²) in [5.74, 6) is -3.54. The summed E-state index contributed by atoms with van der Waals surface area (Å²) >= 11 is 0. The average Bonchev–Trinajstić information content (AvgIpc) is 3.27. The van der Waals surface area contributed by atoms with Crippen LogP contribution < -0.4 is 0 Å². The summed E-state index contributed by atoms with van der Waals surface area (Å²) < 4.78 is 0. The van der Waals surface area contributed by atoms with Crippen molar-refractivity contribution in [3.63, 3.8) is 0 Å². The van der Waals surface area contributed by atoms with Gasteiger partial charge in [-0.3, -0.25) is 9.59 Å². The Labute approximate surface area is 139 Å². The molecule has 24 heavy (non-hydrogen) atoms. The summed E-state index contributed by atoms with van der Waals surface area (Å²) in [6.45, 7) is 3.90. The first kappa shape index (κ1) is 21.8. The van der Waals surface area contributed by atoms with Gasteiger partial charge in [0.15, 0.2) is 12.2 Å². The van der Waals surface area contributed by atoms with Crippen LogP contribution in [0.25, 0.3) is 0 Å². The molecule has 4 N–H and O–H groups in total. The van der Waals surface area contributed by atoms with Gasteiger partial charge in [0.1, 0.15) is 0 Å². The highest BCUT2D eigenvalue weighted by molar-refractivity contribution is 5.83. The number of carbonyl (C=O) groups is 4. The number of nitrogens with zero attached hydrogens (tertiary/aromatic N) is 2. The second kappa shape index (κ2) is 12.3. The maximum atomic E-state index is 9.93. The molecular formula is C14H24N2O8. The van der Waals surface area contributed by atoms with Gasteiger partial charge < -0.3 is 30.2 Å². The van der Waals surface area contributed by atoms with Crippen molar-refractivity contribution in [3.8, 4) is 0 Å². The van der Waals surface area contributed by atoms with E-state index in [-0.39, 0.29) is 0 Å². The molecule has 2 unspecified atom stereocenters. The van der Waals surface area contributed by atoms with Crippen molar-refractivity contribution < 1.29 is 39.6 Å². The Kier molecular flexibility index (Phi) is 11.1. The molecule has 10 heteroatoms. The summed E-state index contributed by atoms with van der Waals surface area (Å²) in [6, 6.07) is 0. The third-order valence-electron chi connectivity index (χ3n) is 3.38. The lowest BCUT2D eigenvalue weighted by atomic mass is 10.2. The Balaban J connectivity index is 0.000000337. The van der Waals surface area contributed by atoms with Crippen molar-refractivity contribution in [2.75, 3.05) is 26.2 Å². The van der Waals surface area contributed by atoms with E-state index in [1.807, 2.05) is 0 Å². The van der Waals surface area contributed by atoms with E-state index in [4.69, 9.17) is 20.4 Å². The Bertz CT molecular complexity index is 368. The number of carboxylic acid groups (broad SMARTS) is 2. The van der Waals surface area contributed by atoms with E-state index in [0.717, 1.165) is 39.0 Å². The highest BCUT2D eigenvalue weighted by Crippen LogP contribution is 2.03. The summed E-state index contributed by atoms with van der Waals surface area (Å²) in [7, 11) is 0. The van der Waals surface area contributed by atoms with Gasteiger partial charge in [0.05, 0.1) is 0 Å². The highest BCUT2D eigenvalue weighted by Gasteiger charge is 2.29. The molecule has 2 fully saturated rings. The van der Waals surface area contributed by atoms with E-state index in [2.05, 4.69) is 0 Å². The molecule has 0 spiro atoms. The van der Waals surface area contributed by atoms with Crippen LogP contribution in [0.2, 0.25) is 0 Å². The van der Waals surface area contributed by atoms with Gasteiger partial charge in [0.2, 0.25) is 12.8 Å². The Hall–Kier alpha value is -2.20. The summed E-state index contributed by atoms with van der Waals surface area (Å²) in [4.78, 5) is 43.0. The lowest BCUT2D eigenvalue weighted by molar-refractivity contribution is -0.165. The average molecular weight is 348 g/mol. The fourth-order valence-corrected chi connectivity index (χ4v) is 1.96. The number of carboxylic acids is 2. The minimum atomic E-state index is -2.27. The molecule has 0 radical (unpaired) electrons. The largest absolute Gasteiger partial charge is 0.479 e. The predicted octanol–water partition coefficient (Wildman–Crippen LogP) is -1.65. The monoisotopic (exact) mass is 348 g/mol. The van der Waals surface area contributed by atoms with E-state index in [9.17, 15) is 19.2 Å². The third kappa shape index (κ3) is 9.06. The summed E-state index contributed by atoms with van der Waals surface area (Å²) in [5, 5.41) is 32.5. The van der Waals surface area contributed by atoms with E-state index in [0.29, 0.717) is 0 Å². The lowest BCUT2D eigenvalue weighted by Crippen LogP contribution is -2.39. The van der Waals surface area contributed by atoms with Gasteiger partial charge >= 0.3 is 11.9 Å². The third-order valence-corrected chi connectivity index (χ3v) is 3.38. The maximum absolute atomic E-state index is 9.93. The van der Waals surface area contributed by atoms with Crippen LogP contribution >= 0.6 is 0 Å². The van der Waals surface area contributed by atoms with Crippen molar-refractivity contribution in [3.05, 3.63) is 0 Å². The van der Waals surface area contributed by atoms with Crippen LogP contribution in [0.5, 0.6) is 0 Å². The van der Waals surface area contributed by atoms with Gasteiger partial charge in [0.25, 0.3) is 0 Å². The Morgan fingerprint density at radius 1 is 0.708 bits per heavy atom. The smallest absolute Gasteiger partial charge is 0.335 e. The van der Waals surface area contributed by atoms with Crippen LogP contribution in [0.1, 0.15) is 25.7 Å². The van der Waals surface area contributed by atoms with Gasteiger partial charge in [0, 0.05) is 26.2 Å². The number of likely N-dealkylation sites (tertiary alicyclic amines) is 2. The van der Waals surface area contributed by atoms with Gasteiger partial charge in [-0.15, -0.1) is 0 Å². The first-order chi connectivity index (χ1) is 11.3. The van der Waals surface area contributed by atoms with Crippen LogP contribution in [0.3, 0.4) is 0 Å². The fourth-order valence-electron chi connectivity index (χ4n) is 1.96. The van der Waals surface area contributed by atoms with Crippen LogP contribution in [-0.4, -0.2) is 93.4 Å². The van der Waals surface area contributed by atoms with Crippen LogP contribution in [0.4, 0.5) is 0 Å². The molecule has 0 saturated carbocycles. The normalized spacial score (nSPS) is 18.4. The Morgan fingerprint density at radius 2 is 0.958 bits per heavy atom. The fraction of sp³-hybridized carbons (Fsp3) is 0.714. The molecule has 0 aromatic carbocycles. The van der Waals surface area contributed by atoms with E-state index in [1.54, 1.807) is 9.80 Å². The molecule has 0 bridgehead atoms. The number of aliphatic hydroxyl groups is 2. The minimum Gasteiger partial charge on any atom is -0.479 e. The molecule has 2 aliphatic rings. The molecule has 2 rings (SSSR count).